The van der Waals surface area contributed by atoms with Crippen LogP contribution in [0, 0.1) is 6.92 Å². The summed E-state index contributed by atoms with van der Waals surface area (Å²) in [5, 5.41) is 0. The molecule has 0 amide bonds. The molecule has 3 N–H and O–H groups in total. The Kier molecular flexibility index (Phi) is 6.90. The van der Waals surface area contributed by atoms with Crippen molar-refractivity contribution in [2.24, 2.45) is 0 Å². The fourth-order valence-corrected chi connectivity index (χ4v) is 5.81. The van der Waals surface area contributed by atoms with Gasteiger partial charge in [0.15, 0.2) is 0 Å². The molecule has 7 nitrogen and oxygen atoms in total. The average molecular weight is 477 g/mol. The first-order valence-corrected chi connectivity index (χ1v) is 13.7. The van der Waals surface area contributed by atoms with Crippen LogP contribution in [0.25, 0.3) is 22.1 Å². The van der Waals surface area contributed by atoms with Crippen LogP contribution in [0.1, 0.15) is 17.2 Å². The number of aryl methyl sites for hydroxylation is 3. The number of aromatic nitrogens is 4. The zero-order valence-corrected chi connectivity index (χ0v) is 19.5. The Labute approximate surface area is 189 Å². The SMILES string of the molecule is Cc1ccc2nc(CCSCCSCCc3nc4ccc(S(=O)(=O)O)cc4[nH]3)[nH]c2c1. The van der Waals surface area contributed by atoms with Gasteiger partial charge in [0.1, 0.15) is 11.6 Å². The van der Waals surface area contributed by atoms with Gasteiger partial charge in [0.05, 0.1) is 27.0 Å². The first-order chi connectivity index (χ1) is 14.9. The van der Waals surface area contributed by atoms with E-state index < -0.39 is 10.1 Å². The minimum Gasteiger partial charge on any atom is -0.342 e. The van der Waals surface area contributed by atoms with E-state index in [1.807, 2.05) is 23.5 Å². The third-order valence-corrected chi connectivity index (χ3v) is 7.90. The minimum atomic E-state index is -4.20. The molecule has 0 aliphatic rings. The number of benzene rings is 2. The van der Waals surface area contributed by atoms with Crippen LogP contribution < -0.4 is 0 Å². The Morgan fingerprint density at radius 2 is 1.39 bits per heavy atom. The Balaban J connectivity index is 1.15. The normalized spacial score (nSPS) is 12.2. The zero-order valence-electron chi connectivity index (χ0n) is 17.1. The Morgan fingerprint density at radius 1 is 0.839 bits per heavy atom. The van der Waals surface area contributed by atoms with Gasteiger partial charge in [-0.1, -0.05) is 6.07 Å². The largest absolute Gasteiger partial charge is 0.342 e. The summed E-state index contributed by atoms with van der Waals surface area (Å²) >= 11 is 3.81. The van der Waals surface area contributed by atoms with Gasteiger partial charge in [0, 0.05) is 35.9 Å². The van der Waals surface area contributed by atoms with Crippen molar-refractivity contribution >= 4 is 55.7 Å². The van der Waals surface area contributed by atoms with E-state index in [0.29, 0.717) is 11.0 Å². The molecule has 164 valence electrons. The lowest BCUT2D eigenvalue weighted by molar-refractivity contribution is 0.483. The highest BCUT2D eigenvalue weighted by Crippen LogP contribution is 2.19. The lowest BCUT2D eigenvalue weighted by Crippen LogP contribution is -1.97. The number of imidazole rings is 2. The molecule has 0 radical (unpaired) electrons. The van der Waals surface area contributed by atoms with Gasteiger partial charge in [0.25, 0.3) is 10.1 Å². The van der Waals surface area contributed by atoms with Crippen molar-refractivity contribution in [3.8, 4) is 0 Å². The Morgan fingerprint density at radius 3 is 1.97 bits per heavy atom. The number of hydrogen-bond acceptors (Lipinski definition) is 6. The molecule has 0 aliphatic heterocycles. The number of H-pyrrole nitrogens is 2. The van der Waals surface area contributed by atoms with Gasteiger partial charge in [-0.25, -0.2) is 9.97 Å². The van der Waals surface area contributed by atoms with Crippen LogP contribution >= 0.6 is 23.5 Å². The smallest absolute Gasteiger partial charge is 0.294 e. The second-order valence-corrected chi connectivity index (χ2v) is 11.1. The van der Waals surface area contributed by atoms with Crippen molar-refractivity contribution in [3.05, 3.63) is 53.6 Å². The number of thioether (sulfide) groups is 2. The predicted molar refractivity (Wildman–Crippen MR) is 129 cm³/mol. The summed E-state index contributed by atoms with van der Waals surface area (Å²) < 4.78 is 31.6. The van der Waals surface area contributed by atoms with Crippen LogP contribution in [0.2, 0.25) is 0 Å². The number of fused-ring (bicyclic) bond motifs is 2. The van der Waals surface area contributed by atoms with Gasteiger partial charge in [-0.15, -0.1) is 0 Å². The van der Waals surface area contributed by atoms with Crippen LogP contribution in [0.5, 0.6) is 0 Å². The van der Waals surface area contributed by atoms with E-state index in [9.17, 15) is 8.42 Å². The lowest BCUT2D eigenvalue weighted by Gasteiger charge is -2.01. The van der Waals surface area contributed by atoms with Crippen LogP contribution in [0.3, 0.4) is 0 Å². The second kappa shape index (κ2) is 9.64. The van der Waals surface area contributed by atoms with Crippen molar-refractivity contribution < 1.29 is 13.0 Å². The Bertz CT molecular complexity index is 1300. The summed E-state index contributed by atoms with van der Waals surface area (Å²) in [6.07, 6.45) is 1.72. The molecular weight excluding hydrogens is 452 g/mol. The molecule has 0 bridgehead atoms. The molecule has 10 heteroatoms. The summed E-state index contributed by atoms with van der Waals surface area (Å²) in [7, 11) is -4.20. The van der Waals surface area contributed by atoms with Gasteiger partial charge in [0.2, 0.25) is 0 Å². The van der Waals surface area contributed by atoms with Crippen molar-refractivity contribution in [1.29, 1.82) is 0 Å². The fourth-order valence-electron chi connectivity index (χ4n) is 3.27. The molecule has 0 aliphatic carbocycles. The molecule has 2 aromatic heterocycles. The first kappa shape index (κ1) is 22.2. The van der Waals surface area contributed by atoms with E-state index in [1.165, 1.54) is 17.7 Å². The van der Waals surface area contributed by atoms with Gasteiger partial charge in [-0.05, 0) is 42.8 Å². The summed E-state index contributed by atoms with van der Waals surface area (Å²) in [4.78, 5) is 15.5. The van der Waals surface area contributed by atoms with Crippen LogP contribution in [-0.2, 0) is 23.0 Å². The molecule has 0 unspecified atom stereocenters. The van der Waals surface area contributed by atoms with Crippen LogP contribution in [0.4, 0.5) is 0 Å². The lowest BCUT2D eigenvalue weighted by atomic mass is 10.2. The molecular formula is C21H24N4O3S3. The molecule has 0 saturated heterocycles. The molecule has 2 heterocycles. The highest BCUT2D eigenvalue weighted by Gasteiger charge is 2.12. The van der Waals surface area contributed by atoms with Gasteiger partial charge in [-0.2, -0.15) is 31.9 Å². The molecule has 0 fully saturated rings. The number of rotatable bonds is 10. The predicted octanol–water partition coefficient (Wildman–Crippen LogP) is 4.25. The minimum absolute atomic E-state index is 0.126. The molecule has 0 atom stereocenters. The summed E-state index contributed by atoms with van der Waals surface area (Å²) in [5.41, 5.74) is 4.69. The Hall–Kier alpha value is -2.01. The van der Waals surface area contributed by atoms with Gasteiger partial charge < -0.3 is 9.97 Å². The van der Waals surface area contributed by atoms with Gasteiger partial charge in [-0.3, -0.25) is 4.55 Å². The molecule has 31 heavy (non-hydrogen) atoms. The van der Waals surface area contributed by atoms with E-state index in [1.54, 1.807) is 6.07 Å². The van der Waals surface area contributed by atoms with Crippen molar-refractivity contribution in [2.75, 3.05) is 23.0 Å². The van der Waals surface area contributed by atoms with Gasteiger partial charge >= 0.3 is 0 Å². The van der Waals surface area contributed by atoms with Crippen molar-refractivity contribution in [1.82, 2.24) is 19.9 Å². The summed E-state index contributed by atoms with van der Waals surface area (Å²) in [6, 6.07) is 10.6. The van der Waals surface area contributed by atoms with Crippen molar-refractivity contribution in [2.45, 2.75) is 24.7 Å². The molecule has 2 aromatic carbocycles. The number of nitrogens with one attached hydrogen (secondary N) is 2. The van der Waals surface area contributed by atoms with E-state index in [2.05, 4.69) is 45.1 Å². The van der Waals surface area contributed by atoms with Crippen LogP contribution in [-0.4, -0.2) is 55.9 Å². The quantitative estimate of drug-likeness (QED) is 0.232. The van der Waals surface area contributed by atoms with Crippen molar-refractivity contribution in [3.63, 3.8) is 0 Å². The average Bonchev–Trinajstić information content (AvgIpc) is 3.31. The molecule has 0 saturated carbocycles. The summed E-state index contributed by atoms with van der Waals surface area (Å²) in [5.74, 6) is 6.00. The van der Waals surface area contributed by atoms with E-state index in [4.69, 9.17) is 4.55 Å². The van der Waals surface area contributed by atoms with E-state index in [0.717, 1.165) is 58.5 Å². The van der Waals surface area contributed by atoms with Crippen LogP contribution in [0.15, 0.2) is 41.3 Å². The maximum Gasteiger partial charge on any atom is 0.294 e. The standard InChI is InChI=1S/C21H24N4O3S3/c1-14-2-4-16-18(12-14)24-20(22-16)6-8-29-10-11-30-9-7-21-23-17-5-3-15(31(26,27)28)13-19(17)25-21/h2-5,12-13H,6-11H2,1H3,(H,22,24)(H,23,25)(H,26,27,28). The third-order valence-electron chi connectivity index (χ3n) is 4.83. The van der Waals surface area contributed by atoms with E-state index >= 15 is 0 Å². The highest BCUT2D eigenvalue weighted by molar-refractivity contribution is 8.02. The molecule has 0 spiro atoms. The molecule has 4 rings (SSSR count). The fraction of sp³-hybridized carbons (Fsp3) is 0.333. The first-order valence-electron chi connectivity index (χ1n) is 9.95. The zero-order chi connectivity index (χ0) is 21.8. The highest BCUT2D eigenvalue weighted by atomic mass is 32.2. The molecule has 4 aromatic rings. The summed E-state index contributed by atoms with van der Waals surface area (Å²) in [6.45, 7) is 2.08. The number of nitrogens with zero attached hydrogens (tertiary/aromatic N) is 2. The topological polar surface area (TPSA) is 112 Å². The maximum atomic E-state index is 11.2. The maximum absolute atomic E-state index is 11.2. The number of hydrogen-bond donors (Lipinski definition) is 3. The third kappa shape index (κ3) is 5.82. The second-order valence-electron chi connectivity index (χ2n) is 7.27. The number of aromatic amines is 2. The van der Waals surface area contributed by atoms with E-state index in [-0.39, 0.29) is 4.90 Å². The monoisotopic (exact) mass is 476 g/mol.